The van der Waals surface area contributed by atoms with Gasteiger partial charge in [-0.1, -0.05) is 0 Å². The SMILES string of the molecule is Cc1cnc(N(C)C)nc1NC1CCC(NC(=O)c2cncc(Br)c2)CC1. The zero-order valence-corrected chi connectivity index (χ0v) is 17.5. The third-order valence-electron chi connectivity index (χ3n) is 4.73. The van der Waals surface area contributed by atoms with Crippen molar-refractivity contribution in [1.82, 2.24) is 20.3 Å². The second kappa shape index (κ2) is 8.65. The zero-order chi connectivity index (χ0) is 19.4. The average Bonchev–Trinajstić information content (AvgIpc) is 2.65. The number of anilines is 2. The third kappa shape index (κ3) is 5.15. The van der Waals surface area contributed by atoms with Crippen LogP contribution in [-0.2, 0) is 0 Å². The predicted molar refractivity (Wildman–Crippen MR) is 110 cm³/mol. The van der Waals surface area contributed by atoms with E-state index in [1.807, 2.05) is 32.1 Å². The topological polar surface area (TPSA) is 83.0 Å². The monoisotopic (exact) mass is 432 g/mol. The van der Waals surface area contributed by atoms with E-state index in [1.54, 1.807) is 18.5 Å². The number of carbonyl (C=O) groups excluding carboxylic acids is 1. The zero-order valence-electron chi connectivity index (χ0n) is 15.9. The van der Waals surface area contributed by atoms with E-state index in [9.17, 15) is 4.79 Å². The van der Waals surface area contributed by atoms with Gasteiger partial charge in [0.15, 0.2) is 0 Å². The van der Waals surface area contributed by atoms with Crippen molar-refractivity contribution >= 4 is 33.6 Å². The standard InChI is InChI=1S/C19H25BrN6O/c1-12-9-22-19(26(2)3)25-17(12)23-15-4-6-16(7-5-15)24-18(27)13-8-14(20)11-21-10-13/h8-11,15-16H,4-7H2,1-3H3,(H,24,27)(H,22,23,25). The first kappa shape index (κ1) is 19.5. The van der Waals surface area contributed by atoms with Gasteiger partial charge in [-0.3, -0.25) is 9.78 Å². The molecule has 1 aliphatic rings. The van der Waals surface area contributed by atoms with Gasteiger partial charge in [-0.15, -0.1) is 0 Å². The van der Waals surface area contributed by atoms with Gasteiger partial charge in [0, 0.05) is 54.8 Å². The minimum absolute atomic E-state index is 0.0671. The van der Waals surface area contributed by atoms with Gasteiger partial charge in [0.25, 0.3) is 5.91 Å². The second-order valence-corrected chi connectivity index (χ2v) is 8.07. The second-order valence-electron chi connectivity index (χ2n) is 7.15. The van der Waals surface area contributed by atoms with Crippen LogP contribution in [0, 0.1) is 6.92 Å². The summed E-state index contributed by atoms with van der Waals surface area (Å²) in [6, 6.07) is 2.34. The molecule has 2 heterocycles. The maximum atomic E-state index is 12.4. The van der Waals surface area contributed by atoms with Gasteiger partial charge < -0.3 is 15.5 Å². The van der Waals surface area contributed by atoms with Crippen LogP contribution in [0.4, 0.5) is 11.8 Å². The summed E-state index contributed by atoms with van der Waals surface area (Å²) in [6.45, 7) is 2.01. The largest absolute Gasteiger partial charge is 0.367 e. The van der Waals surface area contributed by atoms with Gasteiger partial charge in [0.05, 0.1) is 5.56 Å². The summed E-state index contributed by atoms with van der Waals surface area (Å²) in [5, 5.41) is 6.67. The smallest absolute Gasteiger partial charge is 0.253 e. The van der Waals surface area contributed by atoms with E-state index in [4.69, 9.17) is 0 Å². The molecule has 0 bridgehead atoms. The summed E-state index contributed by atoms with van der Waals surface area (Å²) >= 11 is 3.35. The molecule has 1 aliphatic carbocycles. The van der Waals surface area contributed by atoms with Crippen molar-refractivity contribution in [3.05, 3.63) is 40.3 Å². The molecule has 1 saturated carbocycles. The minimum Gasteiger partial charge on any atom is -0.367 e. The lowest BCUT2D eigenvalue weighted by molar-refractivity contribution is 0.0926. The molecule has 8 heteroatoms. The molecule has 0 saturated heterocycles. The third-order valence-corrected chi connectivity index (χ3v) is 5.16. The number of aromatic nitrogens is 3. The number of pyridine rings is 1. The van der Waals surface area contributed by atoms with Gasteiger partial charge in [0.2, 0.25) is 5.95 Å². The fourth-order valence-corrected chi connectivity index (χ4v) is 3.54. The Labute approximate surface area is 168 Å². The molecule has 3 rings (SSSR count). The number of carbonyl (C=O) groups is 1. The number of aryl methyl sites for hydroxylation is 1. The van der Waals surface area contributed by atoms with Crippen molar-refractivity contribution in [3.8, 4) is 0 Å². The van der Waals surface area contributed by atoms with E-state index >= 15 is 0 Å². The predicted octanol–water partition coefficient (Wildman–Crippen LogP) is 3.16. The van der Waals surface area contributed by atoms with Crippen molar-refractivity contribution in [2.45, 2.75) is 44.7 Å². The molecule has 0 unspecified atom stereocenters. The van der Waals surface area contributed by atoms with Gasteiger partial charge in [-0.2, -0.15) is 4.98 Å². The summed E-state index contributed by atoms with van der Waals surface area (Å²) in [6.07, 6.45) is 8.97. The summed E-state index contributed by atoms with van der Waals surface area (Å²) in [5.74, 6) is 1.52. The molecule has 1 amide bonds. The molecule has 144 valence electrons. The Morgan fingerprint density at radius 3 is 2.52 bits per heavy atom. The molecule has 7 nitrogen and oxygen atoms in total. The summed E-state index contributed by atoms with van der Waals surface area (Å²) in [7, 11) is 3.87. The molecule has 2 aromatic rings. The van der Waals surface area contributed by atoms with Crippen molar-refractivity contribution in [2.75, 3.05) is 24.3 Å². The first-order chi connectivity index (χ1) is 12.9. The maximum absolute atomic E-state index is 12.4. The van der Waals surface area contributed by atoms with Crippen LogP contribution in [-0.4, -0.2) is 47.0 Å². The number of nitrogens with zero attached hydrogens (tertiary/aromatic N) is 4. The van der Waals surface area contributed by atoms with Crippen LogP contribution >= 0.6 is 15.9 Å². The van der Waals surface area contributed by atoms with Crippen LogP contribution in [0.15, 0.2) is 29.1 Å². The number of nitrogens with one attached hydrogen (secondary N) is 2. The van der Waals surface area contributed by atoms with Gasteiger partial charge in [-0.05, 0) is 54.6 Å². The van der Waals surface area contributed by atoms with Gasteiger partial charge in [0.1, 0.15) is 5.82 Å². The van der Waals surface area contributed by atoms with Crippen LogP contribution in [0.5, 0.6) is 0 Å². The molecule has 2 aromatic heterocycles. The Morgan fingerprint density at radius 2 is 1.85 bits per heavy atom. The molecule has 2 N–H and O–H groups in total. The van der Waals surface area contributed by atoms with E-state index in [1.165, 1.54) is 0 Å². The van der Waals surface area contributed by atoms with E-state index in [2.05, 4.69) is 41.5 Å². The Bertz CT molecular complexity index is 805. The molecule has 0 atom stereocenters. The van der Waals surface area contributed by atoms with Crippen LogP contribution < -0.4 is 15.5 Å². The van der Waals surface area contributed by atoms with Crippen LogP contribution in [0.25, 0.3) is 0 Å². The number of hydrogen-bond acceptors (Lipinski definition) is 6. The summed E-state index contributed by atoms with van der Waals surface area (Å²) in [5.41, 5.74) is 1.62. The molecule has 0 aliphatic heterocycles. The average molecular weight is 433 g/mol. The lowest BCUT2D eigenvalue weighted by Crippen LogP contribution is -2.40. The fraction of sp³-hybridized carbons (Fsp3) is 0.474. The van der Waals surface area contributed by atoms with Crippen LogP contribution in [0.3, 0.4) is 0 Å². The molecule has 27 heavy (non-hydrogen) atoms. The quantitative estimate of drug-likeness (QED) is 0.754. The number of rotatable bonds is 5. The molecule has 0 spiro atoms. The lowest BCUT2D eigenvalue weighted by atomic mass is 9.91. The van der Waals surface area contributed by atoms with Crippen LogP contribution in [0.2, 0.25) is 0 Å². The van der Waals surface area contributed by atoms with E-state index in [0.717, 1.165) is 41.5 Å². The van der Waals surface area contributed by atoms with Crippen LogP contribution in [0.1, 0.15) is 41.6 Å². The molecule has 0 radical (unpaired) electrons. The maximum Gasteiger partial charge on any atom is 0.253 e. The first-order valence-corrected chi connectivity index (χ1v) is 9.90. The number of halogens is 1. The molecular weight excluding hydrogens is 408 g/mol. The van der Waals surface area contributed by atoms with Crippen molar-refractivity contribution in [3.63, 3.8) is 0 Å². The van der Waals surface area contributed by atoms with E-state index < -0.39 is 0 Å². The minimum atomic E-state index is -0.0671. The first-order valence-electron chi connectivity index (χ1n) is 9.11. The molecular formula is C19H25BrN6O. The highest BCUT2D eigenvalue weighted by molar-refractivity contribution is 9.10. The Hall–Kier alpha value is -2.22. The number of hydrogen-bond donors (Lipinski definition) is 2. The van der Waals surface area contributed by atoms with Crippen molar-refractivity contribution in [1.29, 1.82) is 0 Å². The Balaban J connectivity index is 1.53. The fourth-order valence-electron chi connectivity index (χ4n) is 3.17. The van der Waals surface area contributed by atoms with Crippen molar-refractivity contribution in [2.24, 2.45) is 0 Å². The highest BCUT2D eigenvalue weighted by Gasteiger charge is 2.23. The van der Waals surface area contributed by atoms with Gasteiger partial charge in [-0.25, -0.2) is 4.98 Å². The molecule has 1 fully saturated rings. The van der Waals surface area contributed by atoms with Gasteiger partial charge >= 0.3 is 0 Å². The highest BCUT2D eigenvalue weighted by atomic mass is 79.9. The lowest BCUT2D eigenvalue weighted by Gasteiger charge is -2.30. The highest BCUT2D eigenvalue weighted by Crippen LogP contribution is 2.24. The summed E-state index contributed by atoms with van der Waals surface area (Å²) < 4.78 is 0.806. The molecule has 0 aromatic carbocycles. The number of amides is 1. The Morgan fingerprint density at radius 1 is 1.15 bits per heavy atom. The normalized spacial score (nSPS) is 19.4. The Kier molecular flexibility index (Phi) is 6.26. The van der Waals surface area contributed by atoms with Crippen molar-refractivity contribution < 1.29 is 4.79 Å². The summed E-state index contributed by atoms with van der Waals surface area (Å²) in [4.78, 5) is 27.3. The van der Waals surface area contributed by atoms with E-state index in [0.29, 0.717) is 17.6 Å². The van der Waals surface area contributed by atoms with E-state index in [-0.39, 0.29) is 11.9 Å².